The fraction of sp³-hybridized carbons (Fsp3) is 0.650. The van der Waals surface area contributed by atoms with Gasteiger partial charge in [0.1, 0.15) is 5.75 Å². The van der Waals surface area contributed by atoms with E-state index in [1.54, 1.807) is 14.2 Å². The summed E-state index contributed by atoms with van der Waals surface area (Å²) in [4.78, 5) is 6.50. The largest absolute Gasteiger partial charge is 0.497 e. The molecule has 0 aliphatic carbocycles. The van der Waals surface area contributed by atoms with Gasteiger partial charge >= 0.3 is 0 Å². The molecular formula is C20H35IN4O3. The average molecular weight is 506 g/mol. The van der Waals surface area contributed by atoms with Crippen LogP contribution < -0.4 is 15.4 Å². The van der Waals surface area contributed by atoms with E-state index in [4.69, 9.17) is 14.2 Å². The van der Waals surface area contributed by atoms with Crippen molar-refractivity contribution in [3.63, 3.8) is 0 Å². The van der Waals surface area contributed by atoms with E-state index in [2.05, 4.69) is 46.8 Å². The van der Waals surface area contributed by atoms with E-state index in [0.717, 1.165) is 57.5 Å². The van der Waals surface area contributed by atoms with Crippen LogP contribution in [-0.4, -0.2) is 78.1 Å². The van der Waals surface area contributed by atoms with Crippen LogP contribution in [-0.2, 0) is 9.47 Å². The van der Waals surface area contributed by atoms with Crippen LogP contribution in [0.25, 0.3) is 0 Å². The summed E-state index contributed by atoms with van der Waals surface area (Å²) in [5, 5.41) is 6.76. The third-order valence-corrected chi connectivity index (χ3v) is 4.64. The number of benzene rings is 1. The molecule has 0 spiro atoms. The molecule has 28 heavy (non-hydrogen) atoms. The second kappa shape index (κ2) is 14.0. The van der Waals surface area contributed by atoms with Crippen LogP contribution in [0.15, 0.2) is 29.3 Å². The Morgan fingerprint density at radius 3 is 2.82 bits per heavy atom. The lowest BCUT2D eigenvalue weighted by Gasteiger charge is -2.26. The molecule has 1 saturated heterocycles. The highest BCUT2D eigenvalue weighted by Gasteiger charge is 2.16. The Bertz CT molecular complexity index is 580. The molecule has 2 unspecified atom stereocenters. The molecule has 0 radical (unpaired) electrons. The maximum absolute atomic E-state index is 5.78. The monoisotopic (exact) mass is 506 g/mol. The number of guanidine groups is 1. The molecule has 2 N–H and O–H groups in total. The fourth-order valence-corrected chi connectivity index (χ4v) is 3.03. The Balaban J connectivity index is 0.00000392. The van der Waals surface area contributed by atoms with Crippen molar-refractivity contribution < 1.29 is 14.2 Å². The molecule has 1 aromatic carbocycles. The lowest BCUT2D eigenvalue weighted by atomic mass is 10.1. The van der Waals surface area contributed by atoms with Crippen molar-refractivity contribution in [2.75, 3.05) is 61.2 Å². The molecule has 160 valence electrons. The molecular weight excluding hydrogens is 471 g/mol. The Hall–Kier alpha value is -1.10. The average Bonchev–Trinajstić information content (AvgIpc) is 3.19. The zero-order valence-electron chi connectivity index (χ0n) is 17.4. The van der Waals surface area contributed by atoms with Gasteiger partial charge in [-0.05, 0) is 44.6 Å². The standard InChI is InChI=1S/C20H34N4O3.HI/c1-21-20(22-10-6-11-27-18-9-12-26-15-18)23-14-19(24(2)3)16-7-5-8-17(13-16)25-4;/h5,7-8,13,18-19H,6,9-12,14-15H2,1-4H3,(H2,21,22,23);1H. The number of nitrogens with zero attached hydrogens (tertiary/aromatic N) is 2. The van der Waals surface area contributed by atoms with E-state index >= 15 is 0 Å². The van der Waals surface area contributed by atoms with Crippen molar-refractivity contribution in [2.24, 2.45) is 4.99 Å². The molecule has 0 amide bonds. The van der Waals surface area contributed by atoms with E-state index in [0.29, 0.717) is 0 Å². The van der Waals surface area contributed by atoms with Crippen molar-refractivity contribution in [3.05, 3.63) is 29.8 Å². The number of methoxy groups -OCH3 is 1. The first-order valence-electron chi connectivity index (χ1n) is 9.58. The van der Waals surface area contributed by atoms with Crippen LogP contribution in [0.2, 0.25) is 0 Å². The highest BCUT2D eigenvalue weighted by molar-refractivity contribution is 14.0. The molecule has 0 bridgehead atoms. The molecule has 8 heteroatoms. The quantitative estimate of drug-likeness (QED) is 0.220. The smallest absolute Gasteiger partial charge is 0.191 e. The van der Waals surface area contributed by atoms with Gasteiger partial charge in [0.05, 0.1) is 25.9 Å². The van der Waals surface area contributed by atoms with E-state index in [-0.39, 0.29) is 36.1 Å². The fourth-order valence-electron chi connectivity index (χ4n) is 3.03. The van der Waals surface area contributed by atoms with Gasteiger partial charge in [0.15, 0.2) is 5.96 Å². The van der Waals surface area contributed by atoms with Crippen LogP contribution in [0.1, 0.15) is 24.4 Å². The first kappa shape index (κ1) is 24.9. The second-order valence-electron chi connectivity index (χ2n) is 6.85. The second-order valence-corrected chi connectivity index (χ2v) is 6.85. The van der Waals surface area contributed by atoms with Crippen molar-refractivity contribution in [3.8, 4) is 5.75 Å². The third kappa shape index (κ3) is 8.50. The number of rotatable bonds is 10. The van der Waals surface area contributed by atoms with E-state index in [1.807, 2.05) is 12.1 Å². The molecule has 1 heterocycles. The Morgan fingerprint density at radius 1 is 1.36 bits per heavy atom. The minimum absolute atomic E-state index is 0. The lowest BCUT2D eigenvalue weighted by molar-refractivity contribution is 0.0420. The number of ether oxygens (including phenoxy) is 3. The van der Waals surface area contributed by atoms with Crippen molar-refractivity contribution in [2.45, 2.75) is 25.0 Å². The highest BCUT2D eigenvalue weighted by atomic mass is 127. The molecule has 7 nitrogen and oxygen atoms in total. The zero-order valence-corrected chi connectivity index (χ0v) is 19.8. The van der Waals surface area contributed by atoms with Gasteiger partial charge in [-0.3, -0.25) is 4.99 Å². The van der Waals surface area contributed by atoms with Crippen molar-refractivity contribution in [1.82, 2.24) is 15.5 Å². The van der Waals surface area contributed by atoms with Crippen LogP contribution >= 0.6 is 24.0 Å². The van der Waals surface area contributed by atoms with Gasteiger partial charge in [-0.1, -0.05) is 12.1 Å². The summed E-state index contributed by atoms with van der Waals surface area (Å²) in [6.45, 7) is 3.85. The minimum Gasteiger partial charge on any atom is -0.497 e. The summed E-state index contributed by atoms with van der Waals surface area (Å²) in [7, 11) is 7.63. The minimum atomic E-state index is 0. The Labute approximate surface area is 186 Å². The van der Waals surface area contributed by atoms with Gasteiger partial charge in [-0.2, -0.15) is 0 Å². The number of nitrogens with one attached hydrogen (secondary N) is 2. The summed E-state index contributed by atoms with van der Waals surface area (Å²) >= 11 is 0. The lowest BCUT2D eigenvalue weighted by Crippen LogP contribution is -2.42. The molecule has 1 aliphatic rings. The molecule has 2 atom stereocenters. The maximum Gasteiger partial charge on any atom is 0.191 e. The van der Waals surface area contributed by atoms with Crippen LogP contribution in [0.5, 0.6) is 5.75 Å². The van der Waals surface area contributed by atoms with Crippen LogP contribution in [0.4, 0.5) is 0 Å². The molecule has 1 fully saturated rings. The summed E-state index contributed by atoms with van der Waals surface area (Å²) in [6.07, 6.45) is 2.21. The number of hydrogen-bond acceptors (Lipinski definition) is 5. The zero-order chi connectivity index (χ0) is 19.5. The van der Waals surface area contributed by atoms with Gasteiger partial charge in [0.25, 0.3) is 0 Å². The third-order valence-electron chi connectivity index (χ3n) is 4.64. The Kier molecular flexibility index (Phi) is 12.4. The van der Waals surface area contributed by atoms with Crippen molar-refractivity contribution in [1.29, 1.82) is 0 Å². The summed E-state index contributed by atoms with van der Waals surface area (Å²) in [6, 6.07) is 8.39. The first-order chi connectivity index (χ1) is 13.1. The predicted molar refractivity (Wildman–Crippen MR) is 124 cm³/mol. The van der Waals surface area contributed by atoms with Crippen LogP contribution in [0, 0.1) is 0 Å². The normalized spacial score (nSPS) is 17.9. The molecule has 2 rings (SSSR count). The highest BCUT2D eigenvalue weighted by Crippen LogP contribution is 2.22. The van der Waals surface area contributed by atoms with Gasteiger partial charge in [0.2, 0.25) is 0 Å². The number of likely N-dealkylation sites (N-methyl/N-ethyl adjacent to an activating group) is 1. The first-order valence-corrected chi connectivity index (χ1v) is 9.58. The summed E-state index contributed by atoms with van der Waals surface area (Å²) in [5.74, 6) is 1.67. The molecule has 0 saturated carbocycles. The Morgan fingerprint density at radius 2 is 2.18 bits per heavy atom. The van der Waals surface area contributed by atoms with Crippen molar-refractivity contribution >= 4 is 29.9 Å². The van der Waals surface area contributed by atoms with Crippen LogP contribution in [0.3, 0.4) is 0 Å². The maximum atomic E-state index is 5.78. The van der Waals surface area contributed by atoms with E-state index < -0.39 is 0 Å². The van der Waals surface area contributed by atoms with E-state index in [9.17, 15) is 0 Å². The SMILES string of the molecule is CN=C(NCCCOC1CCOC1)NCC(c1cccc(OC)c1)N(C)C.I. The van der Waals surface area contributed by atoms with Gasteiger partial charge in [-0.25, -0.2) is 0 Å². The number of hydrogen-bond donors (Lipinski definition) is 2. The van der Waals surface area contributed by atoms with E-state index in [1.165, 1.54) is 5.56 Å². The number of aliphatic imine (C=N–C) groups is 1. The van der Waals surface area contributed by atoms with Gasteiger partial charge < -0.3 is 29.7 Å². The number of halogens is 1. The molecule has 1 aromatic rings. The van der Waals surface area contributed by atoms with Gasteiger partial charge in [0, 0.05) is 33.4 Å². The molecule has 1 aliphatic heterocycles. The topological polar surface area (TPSA) is 67.4 Å². The molecule has 0 aromatic heterocycles. The summed E-state index contributed by atoms with van der Waals surface area (Å²) < 4.78 is 16.4. The van der Waals surface area contributed by atoms with Gasteiger partial charge in [-0.15, -0.1) is 24.0 Å². The summed E-state index contributed by atoms with van der Waals surface area (Å²) in [5.41, 5.74) is 1.20. The predicted octanol–water partition coefficient (Wildman–Crippen LogP) is 2.28.